The maximum Gasteiger partial charge on any atom is 0.335 e. The second-order valence-corrected chi connectivity index (χ2v) is 4.57. The zero-order valence-electron chi connectivity index (χ0n) is 10.8. The van der Waals surface area contributed by atoms with Crippen molar-refractivity contribution in [3.8, 4) is 11.6 Å². The van der Waals surface area contributed by atoms with Crippen LogP contribution in [0.1, 0.15) is 5.56 Å². The van der Waals surface area contributed by atoms with E-state index in [9.17, 15) is 14.7 Å². The van der Waals surface area contributed by atoms with E-state index in [2.05, 4.69) is 4.98 Å². The van der Waals surface area contributed by atoms with Crippen molar-refractivity contribution in [2.45, 2.75) is 6.92 Å². The normalized spacial score (nSPS) is 10.8. The van der Waals surface area contributed by atoms with Crippen LogP contribution >= 0.6 is 0 Å². The lowest BCUT2D eigenvalue weighted by atomic mass is 10.1. The highest BCUT2D eigenvalue weighted by atomic mass is 16.3. The highest BCUT2D eigenvalue weighted by molar-refractivity contribution is 5.84. The van der Waals surface area contributed by atoms with Gasteiger partial charge in [0.05, 0.1) is 11.3 Å². The molecule has 5 nitrogen and oxygen atoms in total. The molecule has 1 aromatic heterocycles. The van der Waals surface area contributed by atoms with Crippen molar-refractivity contribution >= 4 is 10.8 Å². The molecule has 0 radical (unpaired) electrons. The first kappa shape index (κ1) is 12.2. The third-order valence-electron chi connectivity index (χ3n) is 3.30. The number of benzene rings is 2. The lowest BCUT2D eigenvalue weighted by Crippen LogP contribution is -2.30. The number of aromatic nitrogens is 2. The van der Waals surface area contributed by atoms with E-state index in [1.807, 2.05) is 30.3 Å². The number of rotatable bonds is 1. The van der Waals surface area contributed by atoms with Gasteiger partial charge in [-0.05, 0) is 29.8 Å². The van der Waals surface area contributed by atoms with E-state index in [0.29, 0.717) is 5.69 Å². The van der Waals surface area contributed by atoms with E-state index < -0.39 is 11.2 Å². The summed E-state index contributed by atoms with van der Waals surface area (Å²) in [6, 6.07) is 13.1. The first-order chi connectivity index (χ1) is 9.58. The van der Waals surface area contributed by atoms with E-state index in [1.165, 1.54) is 6.92 Å². The number of fused-ring (bicyclic) bond motifs is 1. The summed E-state index contributed by atoms with van der Waals surface area (Å²) in [7, 11) is 0. The van der Waals surface area contributed by atoms with Crippen molar-refractivity contribution in [2.24, 2.45) is 0 Å². The number of H-pyrrole nitrogens is 1. The van der Waals surface area contributed by atoms with Crippen molar-refractivity contribution < 1.29 is 5.11 Å². The Labute approximate surface area is 113 Å². The highest BCUT2D eigenvalue weighted by Crippen LogP contribution is 2.20. The average Bonchev–Trinajstić information content (AvgIpc) is 2.45. The monoisotopic (exact) mass is 268 g/mol. The van der Waals surface area contributed by atoms with Gasteiger partial charge in [0.15, 0.2) is 0 Å². The molecule has 0 aliphatic heterocycles. The Morgan fingerprint density at radius 3 is 2.50 bits per heavy atom. The Bertz CT molecular complexity index is 922. The van der Waals surface area contributed by atoms with Gasteiger partial charge in [-0.2, -0.15) is 0 Å². The first-order valence-corrected chi connectivity index (χ1v) is 6.12. The third kappa shape index (κ3) is 1.80. The van der Waals surface area contributed by atoms with Crippen molar-refractivity contribution in [1.82, 2.24) is 9.55 Å². The van der Waals surface area contributed by atoms with Gasteiger partial charge in [0.2, 0.25) is 5.88 Å². The molecule has 100 valence electrons. The lowest BCUT2D eigenvalue weighted by Gasteiger charge is -2.10. The second kappa shape index (κ2) is 4.38. The number of hydrogen-bond donors (Lipinski definition) is 2. The summed E-state index contributed by atoms with van der Waals surface area (Å²) < 4.78 is 1.09. The molecule has 0 unspecified atom stereocenters. The summed E-state index contributed by atoms with van der Waals surface area (Å²) in [4.78, 5) is 25.5. The molecule has 0 aliphatic rings. The van der Waals surface area contributed by atoms with Crippen LogP contribution in [0, 0.1) is 6.92 Å². The summed E-state index contributed by atoms with van der Waals surface area (Å²) >= 11 is 0. The second-order valence-electron chi connectivity index (χ2n) is 4.57. The lowest BCUT2D eigenvalue weighted by molar-refractivity contribution is 0.426. The fourth-order valence-corrected chi connectivity index (χ4v) is 2.17. The van der Waals surface area contributed by atoms with Crippen molar-refractivity contribution in [3.63, 3.8) is 0 Å². The number of aromatic hydroxyl groups is 1. The van der Waals surface area contributed by atoms with Gasteiger partial charge in [0.1, 0.15) is 0 Å². The van der Waals surface area contributed by atoms with Crippen LogP contribution in [0.2, 0.25) is 0 Å². The SMILES string of the molecule is Cc1c(O)n(-c2ccc3ccccc3c2)c(=O)[nH]c1=O. The fourth-order valence-electron chi connectivity index (χ4n) is 2.17. The molecule has 0 spiro atoms. The zero-order chi connectivity index (χ0) is 14.3. The van der Waals surface area contributed by atoms with E-state index in [0.717, 1.165) is 15.3 Å². The molecule has 2 N–H and O–H groups in total. The largest absolute Gasteiger partial charge is 0.494 e. The van der Waals surface area contributed by atoms with Gasteiger partial charge in [-0.15, -0.1) is 0 Å². The smallest absolute Gasteiger partial charge is 0.335 e. The minimum absolute atomic E-state index is 0.109. The molecule has 5 heteroatoms. The number of aromatic amines is 1. The van der Waals surface area contributed by atoms with Gasteiger partial charge in [-0.3, -0.25) is 9.78 Å². The van der Waals surface area contributed by atoms with Crippen LogP contribution in [0.4, 0.5) is 0 Å². The molecule has 0 amide bonds. The Morgan fingerprint density at radius 2 is 1.75 bits per heavy atom. The number of nitrogens with one attached hydrogen (secondary N) is 1. The first-order valence-electron chi connectivity index (χ1n) is 6.12. The minimum Gasteiger partial charge on any atom is -0.494 e. The van der Waals surface area contributed by atoms with Crippen LogP contribution in [0.5, 0.6) is 5.88 Å². The Kier molecular flexibility index (Phi) is 2.68. The maximum absolute atomic E-state index is 11.9. The molecule has 0 bridgehead atoms. The van der Waals surface area contributed by atoms with Crippen molar-refractivity contribution in [3.05, 3.63) is 68.9 Å². The van der Waals surface area contributed by atoms with Crippen LogP contribution in [0.25, 0.3) is 16.5 Å². The van der Waals surface area contributed by atoms with Crippen LogP contribution in [0.3, 0.4) is 0 Å². The van der Waals surface area contributed by atoms with Crippen molar-refractivity contribution in [2.75, 3.05) is 0 Å². The van der Waals surface area contributed by atoms with E-state index in [4.69, 9.17) is 0 Å². The Morgan fingerprint density at radius 1 is 1.05 bits per heavy atom. The van der Waals surface area contributed by atoms with Crippen LogP contribution in [-0.2, 0) is 0 Å². The van der Waals surface area contributed by atoms with Gasteiger partial charge in [0.25, 0.3) is 5.56 Å². The van der Waals surface area contributed by atoms with E-state index >= 15 is 0 Å². The van der Waals surface area contributed by atoms with Gasteiger partial charge >= 0.3 is 5.69 Å². The molecule has 0 fully saturated rings. The summed E-state index contributed by atoms with van der Waals surface area (Å²) in [5.41, 5.74) is -0.624. The summed E-state index contributed by atoms with van der Waals surface area (Å²) in [6.07, 6.45) is 0. The van der Waals surface area contributed by atoms with Crippen LogP contribution in [-0.4, -0.2) is 14.7 Å². The molecule has 2 aromatic carbocycles. The average molecular weight is 268 g/mol. The molecule has 0 saturated heterocycles. The molecule has 3 rings (SSSR count). The Hall–Kier alpha value is -2.82. The summed E-state index contributed by atoms with van der Waals surface area (Å²) in [6.45, 7) is 1.46. The Balaban J connectivity index is 2.34. The summed E-state index contributed by atoms with van der Waals surface area (Å²) in [5.74, 6) is -0.339. The number of nitrogens with zero attached hydrogens (tertiary/aromatic N) is 1. The van der Waals surface area contributed by atoms with Crippen LogP contribution in [0.15, 0.2) is 52.1 Å². The van der Waals surface area contributed by atoms with Crippen molar-refractivity contribution in [1.29, 1.82) is 0 Å². The van der Waals surface area contributed by atoms with Gasteiger partial charge in [0, 0.05) is 0 Å². The molecule has 3 aromatic rings. The van der Waals surface area contributed by atoms with Gasteiger partial charge in [-0.1, -0.05) is 30.3 Å². The predicted octanol–water partition coefficient (Wildman–Crippen LogP) is 1.69. The molecule has 20 heavy (non-hydrogen) atoms. The molecule has 0 saturated carbocycles. The molecule has 1 heterocycles. The molecular weight excluding hydrogens is 256 g/mol. The topological polar surface area (TPSA) is 75.1 Å². The summed E-state index contributed by atoms with van der Waals surface area (Å²) in [5, 5.41) is 12.0. The van der Waals surface area contributed by atoms with Crippen LogP contribution < -0.4 is 11.2 Å². The fraction of sp³-hybridized carbons (Fsp3) is 0.0667. The molecule has 0 aliphatic carbocycles. The van der Waals surface area contributed by atoms with Gasteiger partial charge < -0.3 is 5.11 Å². The molecular formula is C15H12N2O3. The standard InChI is InChI=1S/C15H12N2O3/c1-9-13(18)16-15(20)17(14(9)19)12-7-6-10-4-2-3-5-11(10)8-12/h2-8,19H,1H3,(H,16,18,20). The molecule has 0 atom stereocenters. The maximum atomic E-state index is 11.9. The number of hydrogen-bond acceptors (Lipinski definition) is 3. The third-order valence-corrected chi connectivity index (χ3v) is 3.30. The minimum atomic E-state index is -0.659. The highest BCUT2D eigenvalue weighted by Gasteiger charge is 2.12. The van der Waals surface area contributed by atoms with E-state index in [-0.39, 0.29) is 11.4 Å². The predicted molar refractivity (Wildman–Crippen MR) is 76.6 cm³/mol. The zero-order valence-corrected chi connectivity index (χ0v) is 10.8. The van der Waals surface area contributed by atoms with E-state index in [1.54, 1.807) is 12.1 Å². The van der Waals surface area contributed by atoms with Gasteiger partial charge in [-0.25, -0.2) is 9.36 Å². The quantitative estimate of drug-likeness (QED) is 0.705.